The fourth-order valence-electron chi connectivity index (χ4n) is 1.96. The van der Waals surface area contributed by atoms with E-state index in [1.54, 1.807) is 18.2 Å². The molecular formula is C13H9ClFN3O. The highest BCUT2D eigenvalue weighted by atomic mass is 35.5. The number of nitrogen functional groups attached to an aromatic ring is 1. The predicted molar refractivity (Wildman–Crippen MR) is 71.1 cm³/mol. The Bertz CT molecular complexity index is 735. The summed E-state index contributed by atoms with van der Waals surface area (Å²) in [7, 11) is 0. The first-order valence-corrected chi connectivity index (χ1v) is 5.88. The Morgan fingerprint density at radius 3 is 2.84 bits per heavy atom. The summed E-state index contributed by atoms with van der Waals surface area (Å²) in [5, 5.41) is 6.97. The standard InChI is InChI=1S/C13H9ClFN3O/c14-12-9(4-5-19-12)11-10(13(16)18-17-11)7-2-1-3-8(15)6-7/h1-6H,(H3,16,17,18). The zero-order valence-electron chi connectivity index (χ0n) is 9.65. The molecule has 0 amide bonds. The smallest absolute Gasteiger partial charge is 0.202 e. The molecule has 0 saturated carbocycles. The summed E-state index contributed by atoms with van der Waals surface area (Å²) in [5.74, 6) is -0.0693. The minimum absolute atomic E-state index is 0.223. The Labute approximate surface area is 113 Å². The minimum Gasteiger partial charge on any atom is -0.452 e. The van der Waals surface area contributed by atoms with Crippen molar-refractivity contribution < 1.29 is 8.81 Å². The van der Waals surface area contributed by atoms with Crippen LogP contribution in [0.2, 0.25) is 5.22 Å². The van der Waals surface area contributed by atoms with E-state index in [0.717, 1.165) is 0 Å². The van der Waals surface area contributed by atoms with Gasteiger partial charge in [0.1, 0.15) is 5.82 Å². The van der Waals surface area contributed by atoms with Gasteiger partial charge in [-0.15, -0.1) is 0 Å². The van der Waals surface area contributed by atoms with E-state index in [-0.39, 0.29) is 16.9 Å². The molecule has 2 heterocycles. The zero-order chi connectivity index (χ0) is 13.4. The van der Waals surface area contributed by atoms with E-state index >= 15 is 0 Å². The molecule has 2 aromatic heterocycles. The number of nitrogens with two attached hydrogens (primary N) is 1. The average Bonchev–Trinajstić information content (AvgIpc) is 2.95. The van der Waals surface area contributed by atoms with Crippen molar-refractivity contribution in [3.63, 3.8) is 0 Å². The zero-order valence-corrected chi connectivity index (χ0v) is 10.4. The van der Waals surface area contributed by atoms with Crippen LogP contribution in [0.15, 0.2) is 41.0 Å². The normalized spacial score (nSPS) is 10.8. The summed E-state index contributed by atoms with van der Waals surface area (Å²) in [6.45, 7) is 0. The van der Waals surface area contributed by atoms with Gasteiger partial charge in [-0.05, 0) is 35.4 Å². The molecule has 0 aliphatic rings. The Kier molecular flexibility index (Phi) is 2.76. The van der Waals surface area contributed by atoms with Gasteiger partial charge in [-0.25, -0.2) is 4.39 Å². The molecule has 6 heteroatoms. The summed E-state index contributed by atoms with van der Waals surface area (Å²) in [4.78, 5) is 0. The van der Waals surface area contributed by atoms with Crippen molar-refractivity contribution in [3.05, 3.63) is 47.6 Å². The Balaban J connectivity index is 2.22. The lowest BCUT2D eigenvalue weighted by molar-refractivity contribution is 0.570. The number of halogens is 2. The van der Waals surface area contributed by atoms with Crippen molar-refractivity contribution in [1.29, 1.82) is 0 Å². The van der Waals surface area contributed by atoms with E-state index in [1.807, 2.05) is 0 Å². The van der Waals surface area contributed by atoms with Crippen LogP contribution in [0.25, 0.3) is 22.4 Å². The first-order valence-electron chi connectivity index (χ1n) is 5.50. The highest BCUT2D eigenvalue weighted by molar-refractivity contribution is 6.31. The topological polar surface area (TPSA) is 67.8 Å². The predicted octanol–water partition coefficient (Wildman–Crippen LogP) is 3.71. The van der Waals surface area contributed by atoms with Gasteiger partial charge in [0.25, 0.3) is 0 Å². The second-order valence-electron chi connectivity index (χ2n) is 3.98. The second kappa shape index (κ2) is 4.44. The lowest BCUT2D eigenvalue weighted by Gasteiger charge is -2.03. The highest BCUT2D eigenvalue weighted by Gasteiger charge is 2.18. The Morgan fingerprint density at radius 2 is 2.16 bits per heavy atom. The summed E-state index contributed by atoms with van der Waals surface area (Å²) < 4.78 is 18.4. The monoisotopic (exact) mass is 277 g/mol. The number of H-pyrrole nitrogens is 1. The Morgan fingerprint density at radius 1 is 1.32 bits per heavy atom. The molecule has 3 rings (SSSR count). The third-order valence-corrected chi connectivity index (χ3v) is 3.09. The van der Waals surface area contributed by atoms with Gasteiger partial charge in [0, 0.05) is 0 Å². The first-order chi connectivity index (χ1) is 9.16. The van der Waals surface area contributed by atoms with E-state index < -0.39 is 0 Å². The van der Waals surface area contributed by atoms with Crippen LogP contribution in [-0.2, 0) is 0 Å². The maximum atomic E-state index is 13.3. The van der Waals surface area contributed by atoms with Crippen LogP contribution in [0.3, 0.4) is 0 Å². The number of rotatable bonds is 2. The van der Waals surface area contributed by atoms with Gasteiger partial charge in [-0.1, -0.05) is 12.1 Å². The van der Waals surface area contributed by atoms with Crippen molar-refractivity contribution in [2.75, 3.05) is 5.73 Å². The number of furan rings is 1. The molecule has 3 N–H and O–H groups in total. The molecule has 0 fully saturated rings. The molecule has 0 bridgehead atoms. The molecule has 19 heavy (non-hydrogen) atoms. The summed E-state index contributed by atoms with van der Waals surface area (Å²) in [5.41, 5.74) is 8.29. The minimum atomic E-state index is -0.345. The van der Waals surface area contributed by atoms with Gasteiger partial charge in [-0.2, -0.15) is 5.10 Å². The molecule has 0 atom stereocenters. The lowest BCUT2D eigenvalue weighted by atomic mass is 10.0. The van der Waals surface area contributed by atoms with Crippen molar-refractivity contribution in [2.45, 2.75) is 0 Å². The summed E-state index contributed by atoms with van der Waals surface area (Å²) in [6.07, 6.45) is 1.46. The number of hydrogen-bond acceptors (Lipinski definition) is 3. The Hall–Kier alpha value is -2.27. The number of nitrogens with one attached hydrogen (secondary N) is 1. The van der Waals surface area contributed by atoms with Crippen molar-refractivity contribution in [1.82, 2.24) is 10.2 Å². The molecule has 0 aliphatic heterocycles. The number of nitrogens with zero attached hydrogens (tertiary/aromatic N) is 1. The molecule has 4 nitrogen and oxygen atoms in total. The molecule has 0 aliphatic carbocycles. The molecule has 96 valence electrons. The summed E-state index contributed by atoms with van der Waals surface area (Å²) >= 11 is 5.94. The van der Waals surface area contributed by atoms with Gasteiger partial charge in [0.15, 0.2) is 5.82 Å². The van der Waals surface area contributed by atoms with Crippen LogP contribution in [0.5, 0.6) is 0 Å². The molecular weight excluding hydrogens is 269 g/mol. The van der Waals surface area contributed by atoms with Crippen LogP contribution in [-0.4, -0.2) is 10.2 Å². The van der Waals surface area contributed by atoms with E-state index in [0.29, 0.717) is 22.4 Å². The summed E-state index contributed by atoms with van der Waals surface area (Å²) in [6, 6.07) is 7.81. The molecule has 1 aromatic carbocycles. The van der Waals surface area contributed by atoms with Gasteiger partial charge >= 0.3 is 0 Å². The highest BCUT2D eigenvalue weighted by Crippen LogP contribution is 2.38. The largest absolute Gasteiger partial charge is 0.452 e. The third-order valence-electron chi connectivity index (χ3n) is 2.79. The number of aromatic nitrogens is 2. The van der Waals surface area contributed by atoms with Crippen molar-refractivity contribution in [2.24, 2.45) is 0 Å². The third kappa shape index (κ3) is 1.98. The SMILES string of the molecule is Nc1n[nH]c(-c2ccoc2Cl)c1-c1cccc(F)c1. The molecule has 0 unspecified atom stereocenters. The molecule has 3 aromatic rings. The van der Waals surface area contributed by atoms with E-state index in [9.17, 15) is 4.39 Å². The fourth-order valence-corrected chi connectivity index (χ4v) is 2.17. The first kappa shape index (κ1) is 11.8. The quantitative estimate of drug-likeness (QED) is 0.750. The van der Waals surface area contributed by atoms with Crippen LogP contribution in [0.1, 0.15) is 0 Å². The number of benzene rings is 1. The second-order valence-corrected chi connectivity index (χ2v) is 4.32. The number of aromatic amines is 1. The number of anilines is 1. The maximum Gasteiger partial charge on any atom is 0.202 e. The molecule has 0 spiro atoms. The number of hydrogen-bond donors (Lipinski definition) is 2. The fraction of sp³-hybridized carbons (Fsp3) is 0. The van der Waals surface area contributed by atoms with Crippen LogP contribution < -0.4 is 5.73 Å². The van der Waals surface area contributed by atoms with Crippen molar-refractivity contribution in [3.8, 4) is 22.4 Å². The lowest BCUT2D eigenvalue weighted by Crippen LogP contribution is -1.89. The van der Waals surface area contributed by atoms with Crippen LogP contribution in [0, 0.1) is 5.82 Å². The van der Waals surface area contributed by atoms with E-state index in [1.165, 1.54) is 18.4 Å². The van der Waals surface area contributed by atoms with E-state index in [4.69, 9.17) is 21.8 Å². The van der Waals surface area contributed by atoms with Crippen LogP contribution >= 0.6 is 11.6 Å². The van der Waals surface area contributed by atoms with Gasteiger partial charge in [0.2, 0.25) is 5.22 Å². The molecule has 0 radical (unpaired) electrons. The van der Waals surface area contributed by atoms with E-state index in [2.05, 4.69) is 10.2 Å². The van der Waals surface area contributed by atoms with Gasteiger partial charge in [0.05, 0.1) is 23.1 Å². The van der Waals surface area contributed by atoms with Gasteiger partial charge in [-0.3, -0.25) is 5.10 Å². The van der Waals surface area contributed by atoms with Crippen LogP contribution in [0.4, 0.5) is 10.2 Å². The van der Waals surface area contributed by atoms with Crippen molar-refractivity contribution >= 4 is 17.4 Å². The maximum absolute atomic E-state index is 13.3. The molecule has 0 saturated heterocycles. The average molecular weight is 278 g/mol. The van der Waals surface area contributed by atoms with Gasteiger partial charge < -0.3 is 10.2 Å².